The number of aliphatic hydroxyl groups excluding tert-OH is 1. The maximum absolute atomic E-state index is 12.8. The Labute approximate surface area is 369 Å². The van der Waals surface area contributed by atoms with E-state index in [0.717, 1.165) is 101 Å². The number of rotatable bonds is 39. The molecule has 11 nitrogen and oxygen atoms in total. The van der Waals surface area contributed by atoms with Crippen LogP contribution < -0.4 is 9.47 Å². The second-order valence-electron chi connectivity index (χ2n) is 16.1. The Morgan fingerprint density at radius 3 is 1.79 bits per heavy atom. The van der Waals surface area contributed by atoms with Crippen molar-refractivity contribution in [1.82, 2.24) is 0 Å². The van der Waals surface area contributed by atoms with E-state index >= 15 is 0 Å². The maximum Gasteiger partial charge on any atom is 0.472 e. The number of hydrogen-bond acceptors (Lipinski definition) is 9. The number of ether oxygens (including phenoxy) is 2. The third kappa shape index (κ3) is 29.0. The molecule has 0 saturated carbocycles. The average Bonchev–Trinajstić information content (AvgIpc) is 3.66. The van der Waals surface area contributed by atoms with Crippen LogP contribution in [-0.4, -0.2) is 61.0 Å². The molecule has 1 aliphatic rings. The van der Waals surface area contributed by atoms with E-state index < -0.39 is 32.5 Å². The van der Waals surface area contributed by atoms with Crippen LogP contribution in [0.25, 0.3) is 0 Å². The highest BCUT2D eigenvalue weighted by Crippen LogP contribution is 2.43. The zero-order valence-corrected chi connectivity index (χ0v) is 38.8. The van der Waals surface area contributed by atoms with Gasteiger partial charge in [0.25, 0.3) is 5.82 Å². The Morgan fingerprint density at radius 2 is 1.23 bits per heavy atom. The number of esters is 2. The molecule has 2 unspecified atom stereocenters. The fourth-order valence-corrected chi connectivity index (χ4v) is 7.72. The molecule has 346 valence electrons. The summed E-state index contributed by atoms with van der Waals surface area (Å²) in [5, 5.41) is 9.42. The van der Waals surface area contributed by atoms with Gasteiger partial charge in [-0.3, -0.25) is 23.5 Å². The van der Waals surface area contributed by atoms with E-state index in [0.29, 0.717) is 25.9 Å². The number of carbonyl (C=O) groups is 2. The number of phosphoric acid groups is 1. The highest BCUT2D eigenvalue weighted by Gasteiger charge is 2.30. The summed E-state index contributed by atoms with van der Waals surface area (Å²) in [6, 6.07) is 3.74. The number of aromatic nitrogens is 1. The smallest absolute Gasteiger partial charge is 0.462 e. The average molecular weight is 874 g/mol. The maximum atomic E-state index is 12.8. The van der Waals surface area contributed by atoms with Crippen molar-refractivity contribution in [3.63, 3.8) is 0 Å². The SMILES string of the molecule is CCCCC/C=C\C/C=C\CCCCCCCC(=O)OCC(COP(=O)(O)OCCN1CC[n+]2cc(CO)ccc21)OC(=O)CCCCCCC/C=C\C/C=C\CCCCC. The summed E-state index contributed by atoms with van der Waals surface area (Å²) in [5.41, 5.74) is 0.809. The van der Waals surface area contributed by atoms with Crippen LogP contribution in [0.5, 0.6) is 0 Å². The van der Waals surface area contributed by atoms with Crippen LogP contribution in [0, 0.1) is 0 Å². The number of nitrogens with zero attached hydrogens (tertiary/aromatic N) is 2. The van der Waals surface area contributed by atoms with Gasteiger partial charge in [-0.1, -0.05) is 127 Å². The molecule has 2 rings (SSSR count). The first-order valence-corrected chi connectivity index (χ1v) is 25.2. The minimum atomic E-state index is -4.50. The number of pyridine rings is 1. The van der Waals surface area contributed by atoms with Crippen molar-refractivity contribution in [3.05, 3.63) is 72.5 Å². The van der Waals surface area contributed by atoms with E-state index in [4.69, 9.17) is 18.5 Å². The van der Waals surface area contributed by atoms with Gasteiger partial charge in [-0.2, -0.15) is 0 Å². The van der Waals surface area contributed by atoms with Crippen LogP contribution in [-0.2, 0) is 45.8 Å². The Kier molecular flexibility index (Phi) is 32.3. The normalized spacial score (nSPS) is 14.5. The number of aliphatic hydroxyl groups is 1. The van der Waals surface area contributed by atoms with Gasteiger partial charge < -0.3 is 19.5 Å². The number of unbranched alkanes of at least 4 members (excludes halogenated alkanes) is 16. The first-order valence-electron chi connectivity index (χ1n) is 23.7. The number of carbonyl (C=O) groups excluding carboxylic acids is 2. The summed E-state index contributed by atoms with van der Waals surface area (Å²) in [6.45, 7) is 5.38. The predicted octanol–water partition coefficient (Wildman–Crippen LogP) is 11.5. The van der Waals surface area contributed by atoms with Gasteiger partial charge in [0.05, 0.1) is 26.0 Å². The number of allylic oxidation sites excluding steroid dienone is 8. The second-order valence-corrected chi connectivity index (χ2v) is 17.5. The summed E-state index contributed by atoms with van der Waals surface area (Å²) >= 11 is 0. The van der Waals surface area contributed by atoms with Gasteiger partial charge in [0.2, 0.25) is 0 Å². The zero-order chi connectivity index (χ0) is 44.1. The van der Waals surface area contributed by atoms with Gasteiger partial charge in [-0.15, -0.1) is 0 Å². The number of phosphoric ester groups is 1. The van der Waals surface area contributed by atoms with E-state index in [9.17, 15) is 24.2 Å². The minimum Gasteiger partial charge on any atom is -0.462 e. The second kappa shape index (κ2) is 36.4. The minimum absolute atomic E-state index is 0.0449. The molecule has 0 bridgehead atoms. The molecule has 0 saturated heterocycles. The Hall–Kier alpha value is -3.08. The lowest BCUT2D eigenvalue weighted by atomic mass is 10.1. The van der Waals surface area contributed by atoms with Crippen LogP contribution in [0.2, 0.25) is 0 Å². The molecule has 2 heterocycles. The molecule has 2 atom stereocenters. The van der Waals surface area contributed by atoms with Crippen molar-refractivity contribution >= 4 is 25.6 Å². The van der Waals surface area contributed by atoms with Crippen LogP contribution in [0.1, 0.15) is 174 Å². The van der Waals surface area contributed by atoms with Crippen LogP contribution in [0.3, 0.4) is 0 Å². The number of fused-ring (bicyclic) bond motifs is 1. The zero-order valence-electron chi connectivity index (χ0n) is 37.9. The van der Waals surface area contributed by atoms with Crippen molar-refractivity contribution in [3.8, 4) is 0 Å². The van der Waals surface area contributed by atoms with Gasteiger partial charge in [0, 0.05) is 24.5 Å². The van der Waals surface area contributed by atoms with Crippen molar-refractivity contribution < 1.29 is 47.2 Å². The van der Waals surface area contributed by atoms with Crippen LogP contribution >= 0.6 is 7.82 Å². The summed E-state index contributed by atoms with van der Waals surface area (Å²) in [5.74, 6) is 0.0539. The van der Waals surface area contributed by atoms with Gasteiger partial charge >= 0.3 is 19.8 Å². The van der Waals surface area contributed by atoms with Crippen molar-refractivity contribution in [2.75, 3.05) is 37.8 Å². The molecule has 0 aliphatic carbocycles. The van der Waals surface area contributed by atoms with Crippen LogP contribution in [0.4, 0.5) is 5.82 Å². The van der Waals surface area contributed by atoms with E-state index in [-0.39, 0.29) is 32.7 Å². The van der Waals surface area contributed by atoms with Crippen molar-refractivity contribution in [2.45, 2.75) is 187 Å². The van der Waals surface area contributed by atoms with E-state index in [1.807, 2.05) is 27.8 Å². The molecule has 0 aromatic carbocycles. The summed E-state index contributed by atoms with van der Waals surface area (Å²) in [7, 11) is -4.50. The molecule has 1 aromatic rings. The molecule has 0 spiro atoms. The molecule has 12 heteroatoms. The molecule has 0 radical (unpaired) electrons. The Morgan fingerprint density at radius 1 is 0.705 bits per heavy atom. The first kappa shape index (κ1) is 54.1. The van der Waals surface area contributed by atoms with Gasteiger partial charge in [0.1, 0.15) is 26.2 Å². The lowest BCUT2D eigenvalue weighted by molar-refractivity contribution is -0.671. The molecule has 0 amide bonds. The van der Waals surface area contributed by atoms with E-state index in [2.05, 4.69) is 62.5 Å². The molecular weight excluding hydrogens is 792 g/mol. The van der Waals surface area contributed by atoms with E-state index in [1.165, 1.54) is 44.9 Å². The number of anilines is 1. The fraction of sp³-hybridized carbons (Fsp3) is 0.694. The van der Waals surface area contributed by atoms with Crippen molar-refractivity contribution in [1.29, 1.82) is 0 Å². The lowest BCUT2D eigenvalue weighted by Gasteiger charge is -2.20. The third-order valence-corrected chi connectivity index (χ3v) is 11.6. The third-order valence-electron chi connectivity index (χ3n) is 10.6. The van der Waals surface area contributed by atoms with E-state index in [1.54, 1.807) is 0 Å². The molecule has 1 aromatic heterocycles. The highest BCUT2D eigenvalue weighted by atomic mass is 31.2. The van der Waals surface area contributed by atoms with Gasteiger partial charge in [-0.25, -0.2) is 9.13 Å². The monoisotopic (exact) mass is 874 g/mol. The van der Waals surface area contributed by atoms with Crippen molar-refractivity contribution in [2.24, 2.45) is 0 Å². The molecule has 61 heavy (non-hydrogen) atoms. The topological polar surface area (TPSA) is 136 Å². The van der Waals surface area contributed by atoms with Crippen LogP contribution in [0.15, 0.2) is 66.9 Å². The molecule has 2 N–H and O–H groups in total. The summed E-state index contributed by atoms with van der Waals surface area (Å²) in [6.07, 6.45) is 43.0. The first-order chi connectivity index (χ1) is 29.8. The van der Waals surface area contributed by atoms with Gasteiger partial charge in [0.15, 0.2) is 6.10 Å². The molecule has 0 fully saturated rings. The highest BCUT2D eigenvalue weighted by molar-refractivity contribution is 7.47. The number of hydrogen-bond donors (Lipinski definition) is 2. The Balaban J connectivity index is 1.71. The fourth-order valence-electron chi connectivity index (χ4n) is 6.98. The Bertz CT molecular complexity index is 1460. The largest absolute Gasteiger partial charge is 0.472 e. The summed E-state index contributed by atoms with van der Waals surface area (Å²) in [4.78, 5) is 37.9. The predicted molar refractivity (Wildman–Crippen MR) is 246 cm³/mol. The lowest BCUT2D eigenvalue weighted by Crippen LogP contribution is -2.32. The molecule has 1 aliphatic heterocycles. The van der Waals surface area contributed by atoms with Gasteiger partial charge in [-0.05, 0) is 83.1 Å². The standard InChI is InChI=1S/C49H81N2O9P/c1-3-5-7-9-11-13-15-17-19-21-23-25-27-29-31-33-48(53)57-43-46(60-49(54)34-32-30-28-26-24-22-20-18-16-14-12-10-8-6-4-2)44-59-61(55,56)58-40-39-50-37-38-51-41-45(42-52)35-36-47(50)51/h11-14,17-20,35-36,41,46,52H,3-10,15-16,21-34,37-40,42-44H2,1-2H3/p+1/b13-11-,14-12-,19-17-,20-18-. The molecular formula is C49H82N2O9P+. The quantitative estimate of drug-likeness (QED) is 0.0216. The summed E-state index contributed by atoms with van der Waals surface area (Å²) < 4.78 is 36.5.